The molecule has 0 aromatic heterocycles. The van der Waals surface area contributed by atoms with Gasteiger partial charge >= 0.3 is 30.0 Å². The van der Waals surface area contributed by atoms with Crippen LogP contribution in [0.2, 0.25) is 10.3 Å². The monoisotopic (exact) mass is 305 g/mol. The first kappa shape index (κ1) is 10.2. The number of hydrogen-bond acceptors (Lipinski definition) is 1. The molecule has 6 heavy (non-hydrogen) atoms. The molecule has 0 aliphatic rings. The summed E-state index contributed by atoms with van der Waals surface area (Å²) in [6, 6.07) is 0. The molecule has 0 unspecified atom stereocenters. The van der Waals surface area contributed by atoms with Crippen molar-refractivity contribution in [1.82, 2.24) is 0 Å². The van der Waals surface area contributed by atoms with E-state index in [4.69, 9.17) is 0 Å². The minimum atomic E-state index is 0.667. The maximum absolute atomic E-state index is 4.53. The maximum atomic E-state index is 4.53. The molecular weight excluding hydrogens is 293 g/mol. The quantitative estimate of drug-likeness (QED) is 0.507. The molecule has 45 valence electrons. The van der Waals surface area contributed by atoms with Gasteiger partial charge in [0.25, 0.3) is 0 Å². The average Bonchev–Trinajstić information content (AvgIpc) is 1.39. The molecule has 0 aliphatic heterocycles. The van der Waals surface area contributed by atoms with Gasteiger partial charge in [-0.05, 0) is 0 Å². The maximum Gasteiger partial charge on any atom is 0.129 e. The third kappa shape index (κ3) is 68.2. The Hall–Kier alpha value is 1.13. The largest absolute Gasteiger partial charge is 0.471 e. The molecule has 0 saturated carbocycles. The Labute approximate surface area is 55.3 Å². The summed E-state index contributed by atoms with van der Waals surface area (Å²) in [7, 11) is 1.86. The Bertz CT molecular complexity index is 13.5. The summed E-state index contributed by atoms with van der Waals surface area (Å²) in [4.78, 5) is 0. The van der Waals surface area contributed by atoms with Gasteiger partial charge in [0.2, 0.25) is 0 Å². The summed E-state index contributed by atoms with van der Waals surface area (Å²) in [5, 5.41) is 4.44. The third-order valence-electron chi connectivity index (χ3n) is 0. The van der Waals surface area contributed by atoms with Gasteiger partial charge in [0.15, 0.2) is 0 Å². The second-order valence-electron chi connectivity index (χ2n) is 0.710. The van der Waals surface area contributed by atoms with Gasteiger partial charge in [-0.25, -0.2) is 0 Å². The van der Waals surface area contributed by atoms with E-state index in [9.17, 15) is 0 Å². The summed E-state index contributed by atoms with van der Waals surface area (Å²) >= 11 is 0.667. The molecule has 0 spiro atoms. The minimum Gasteiger partial charge on any atom is -0.471 e. The van der Waals surface area contributed by atoms with E-state index in [0.29, 0.717) is 19.8 Å². The summed E-state index contributed by atoms with van der Waals surface area (Å²) < 4.78 is 4.53. The van der Waals surface area contributed by atoms with Gasteiger partial charge in [-0.1, -0.05) is 0 Å². The zero-order chi connectivity index (χ0) is 5.41. The fraction of sp³-hybridized carbons (Fsp3) is 1.00. The third-order valence-corrected chi connectivity index (χ3v) is 0. The fourth-order valence-corrected chi connectivity index (χ4v) is 0. The normalized spacial score (nSPS) is 7.67. The van der Waals surface area contributed by atoms with Crippen LogP contribution in [-0.4, -0.2) is 21.0 Å². The first-order valence-electron chi connectivity index (χ1n) is 1.42. The second kappa shape index (κ2) is 16.5. The van der Waals surface area contributed by atoms with Crippen molar-refractivity contribution in [3.8, 4) is 0 Å². The summed E-state index contributed by atoms with van der Waals surface area (Å²) in [6.07, 6.45) is 0. The van der Waals surface area contributed by atoms with Crippen molar-refractivity contribution in [3.63, 3.8) is 0 Å². The molecule has 0 aromatic carbocycles. The summed E-state index contributed by atoms with van der Waals surface area (Å²) in [5.41, 5.74) is 0. The topological polar surface area (TPSA) is 9.23 Å². The van der Waals surface area contributed by atoms with E-state index >= 15 is 0 Å². The number of rotatable bonds is 0. The molecular formula is C2H12AuOSi2. The zero-order valence-electron chi connectivity index (χ0n) is 4.71. The van der Waals surface area contributed by atoms with Crippen molar-refractivity contribution in [2.75, 3.05) is 0 Å². The predicted octanol–water partition coefficient (Wildman–Crippen LogP) is -1.27. The van der Waals surface area contributed by atoms with Gasteiger partial charge in [0.05, 0.1) is 0 Å². The van der Waals surface area contributed by atoms with Gasteiger partial charge in [0.1, 0.15) is 21.0 Å². The van der Waals surface area contributed by atoms with E-state index in [2.05, 4.69) is 14.4 Å². The van der Waals surface area contributed by atoms with Crippen LogP contribution in [0.3, 0.4) is 0 Å². The molecule has 0 bridgehead atoms. The van der Waals surface area contributed by atoms with Crippen LogP contribution < -0.4 is 0 Å². The van der Waals surface area contributed by atoms with Crippen LogP contribution in [0.25, 0.3) is 0 Å². The Kier molecular flexibility index (Phi) is 27.9. The van der Waals surface area contributed by atoms with Crippen molar-refractivity contribution in [2.45, 2.75) is 10.3 Å². The molecule has 1 nitrogen and oxygen atoms in total. The first-order valence-corrected chi connectivity index (χ1v) is 7.39. The standard InChI is InChI=1S/2CH3.Au.H6OSi2/c;;;2-1-3/h2*1H3;;2-3H3. The van der Waals surface area contributed by atoms with Crippen LogP contribution in [0, 0.1) is 0 Å². The van der Waals surface area contributed by atoms with Crippen molar-refractivity contribution in [2.24, 2.45) is 0 Å². The predicted molar refractivity (Wildman–Crippen MR) is 32.7 cm³/mol. The molecule has 0 radical (unpaired) electrons. The molecule has 0 N–H and O–H groups in total. The Morgan fingerprint density at radius 2 is 1.33 bits per heavy atom. The van der Waals surface area contributed by atoms with E-state index in [1.807, 2.05) is 0 Å². The van der Waals surface area contributed by atoms with Gasteiger partial charge in [-0.15, -0.1) is 0 Å². The Balaban J connectivity index is 0. The first-order chi connectivity index (χ1) is 2.83. The molecule has 0 rings (SSSR count). The molecule has 0 heterocycles. The molecule has 0 fully saturated rings. The average molecular weight is 305 g/mol. The van der Waals surface area contributed by atoms with Crippen molar-refractivity contribution in [3.05, 3.63) is 0 Å². The van der Waals surface area contributed by atoms with Crippen molar-refractivity contribution >= 4 is 21.0 Å². The fourth-order valence-electron chi connectivity index (χ4n) is 0. The van der Waals surface area contributed by atoms with Crippen LogP contribution in [0.15, 0.2) is 0 Å². The van der Waals surface area contributed by atoms with Crippen LogP contribution >= 0.6 is 0 Å². The molecule has 0 saturated heterocycles. The van der Waals surface area contributed by atoms with Gasteiger partial charge in [-0.2, -0.15) is 0 Å². The van der Waals surface area contributed by atoms with Crippen LogP contribution in [-0.2, 0) is 23.9 Å². The summed E-state index contributed by atoms with van der Waals surface area (Å²) in [5.74, 6) is 0. The van der Waals surface area contributed by atoms with E-state index < -0.39 is 0 Å². The van der Waals surface area contributed by atoms with Crippen molar-refractivity contribution < 1.29 is 23.9 Å². The Morgan fingerprint density at radius 3 is 1.33 bits per heavy atom. The van der Waals surface area contributed by atoms with E-state index in [1.54, 1.807) is 0 Å². The van der Waals surface area contributed by atoms with Crippen LogP contribution in [0.4, 0.5) is 0 Å². The van der Waals surface area contributed by atoms with E-state index in [-0.39, 0.29) is 0 Å². The van der Waals surface area contributed by atoms with E-state index in [0.717, 1.165) is 21.0 Å². The number of hydrogen-bond donors (Lipinski definition) is 0. The van der Waals surface area contributed by atoms with Crippen LogP contribution in [0.1, 0.15) is 0 Å². The minimum absolute atomic E-state index is 0.667. The van der Waals surface area contributed by atoms with Gasteiger partial charge in [-0.3, -0.25) is 0 Å². The molecule has 0 aliphatic carbocycles. The van der Waals surface area contributed by atoms with Gasteiger partial charge < -0.3 is 4.12 Å². The molecule has 0 amide bonds. The van der Waals surface area contributed by atoms with Gasteiger partial charge in [0, 0.05) is 0 Å². The summed E-state index contributed by atoms with van der Waals surface area (Å²) in [6.45, 7) is 0. The second-order valence-corrected chi connectivity index (χ2v) is 6.14. The van der Waals surface area contributed by atoms with Crippen LogP contribution in [0.5, 0.6) is 0 Å². The Morgan fingerprint density at radius 1 is 1.33 bits per heavy atom. The molecule has 0 atom stereocenters. The molecule has 4 heteroatoms. The zero-order valence-corrected chi connectivity index (χ0v) is 10.9. The smallest absolute Gasteiger partial charge is 0.129 e. The van der Waals surface area contributed by atoms with E-state index in [1.165, 1.54) is 0 Å². The van der Waals surface area contributed by atoms with Crippen molar-refractivity contribution in [1.29, 1.82) is 0 Å². The molecule has 0 aromatic rings. The SMILES string of the molecule is [CH3][Au][CH3].[SiH3]O[SiH3].